The molecule has 1 aromatic heterocycles. The number of methoxy groups -OCH3 is 1. The molecule has 90 valence electrons. The summed E-state index contributed by atoms with van der Waals surface area (Å²) in [6.07, 6.45) is 6.43. The first-order valence-corrected chi connectivity index (χ1v) is 6.64. The van der Waals surface area contributed by atoms with Crippen molar-refractivity contribution in [2.45, 2.75) is 24.5 Å². The fourth-order valence-electron chi connectivity index (χ4n) is 2.73. The molecule has 1 aromatic rings. The van der Waals surface area contributed by atoms with Crippen LogP contribution in [0.3, 0.4) is 0 Å². The Labute approximate surface area is 104 Å². The fourth-order valence-corrected chi connectivity index (χ4v) is 3.63. The van der Waals surface area contributed by atoms with E-state index < -0.39 is 5.60 Å². The zero-order valence-electron chi connectivity index (χ0n) is 9.59. The molecule has 0 amide bonds. The summed E-state index contributed by atoms with van der Waals surface area (Å²) in [5.74, 6) is -0.157. The summed E-state index contributed by atoms with van der Waals surface area (Å²) < 4.78 is 10.9. The van der Waals surface area contributed by atoms with Crippen LogP contribution in [0, 0.1) is 5.92 Å². The molecule has 0 saturated carbocycles. The van der Waals surface area contributed by atoms with Gasteiger partial charge in [-0.2, -0.15) is 0 Å². The monoisotopic (exact) mass is 250 g/mol. The SMILES string of the molecule is COC(=O)[C@@]1(c2cccs2)O[C@@H]2CCC=C[C@@H]21. The van der Waals surface area contributed by atoms with E-state index in [1.165, 1.54) is 7.11 Å². The lowest BCUT2D eigenvalue weighted by Crippen LogP contribution is -2.62. The molecule has 0 aromatic carbocycles. The van der Waals surface area contributed by atoms with Gasteiger partial charge in [-0.3, -0.25) is 0 Å². The van der Waals surface area contributed by atoms with Crippen LogP contribution in [0.1, 0.15) is 17.7 Å². The molecule has 0 radical (unpaired) electrons. The van der Waals surface area contributed by atoms with E-state index >= 15 is 0 Å². The van der Waals surface area contributed by atoms with Crippen LogP contribution in [0.15, 0.2) is 29.7 Å². The Bertz CT molecular complexity index is 451. The van der Waals surface area contributed by atoms with Crippen LogP contribution in [-0.4, -0.2) is 19.2 Å². The van der Waals surface area contributed by atoms with Crippen molar-refractivity contribution in [3.8, 4) is 0 Å². The molecule has 17 heavy (non-hydrogen) atoms. The van der Waals surface area contributed by atoms with Gasteiger partial charge in [-0.25, -0.2) is 4.79 Å². The maximum atomic E-state index is 12.1. The highest BCUT2D eigenvalue weighted by molar-refractivity contribution is 7.10. The molecule has 3 nitrogen and oxygen atoms in total. The number of hydrogen-bond donors (Lipinski definition) is 0. The van der Waals surface area contributed by atoms with Gasteiger partial charge >= 0.3 is 5.97 Å². The van der Waals surface area contributed by atoms with Crippen LogP contribution in [-0.2, 0) is 19.9 Å². The summed E-state index contributed by atoms with van der Waals surface area (Å²) in [6.45, 7) is 0. The zero-order chi connectivity index (χ0) is 11.9. The lowest BCUT2D eigenvalue weighted by molar-refractivity contribution is -0.258. The molecule has 0 unspecified atom stereocenters. The Kier molecular flexibility index (Phi) is 2.56. The van der Waals surface area contributed by atoms with Crippen LogP contribution in [0.25, 0.3) is 0 Å². The minimum atomic E-state index is -0.884. The first-order chi connectivity index (χ1) is 8.29. The second-order valence-corrected chi connectivity index (χ2v) is 5.34. The predicted octanol–water partition coefficient (Wildman–Crippen LogP) is 2.48. The van der Waals surface area contributed by atoms with Gasteiger partial charge in [0.1, 0.15) is 0 Å². The molecule has 1 aliphatic heterocycles. The number of carbonyl (C=O) groups is 1. The number of carbonyl (C=O) groups excluding carboxylic acids is 1. The van der Waals surface area contributed by atoms with Crippen molar-refractivity contribution in [2.75, 3.05) is 7.11 Å². The number of rotatable bonds is 2. The zero-order valence-corrected chi connectivity index (χ0v) is 10.4. The standard InChI is InChI=1S/C13H14O3S/c1-15-12(14)13(11-7-4-8-17-11)9-5-2-3-6-10(9)16-13/h2,4-5,7-10H,3,6H2,1H3/t9-,10+,13+/m0/s1. The third-order valence-electron chi connectivity index (χ3n) is 3.54. The summed E-state index contributed by atoms with van der Waals surface area (Å²) in [5.41, 5.74) is -0.884. The molecule has 2 heterocycles. The van der Waals surface area contributed by atoms with Crippen molar-refractivity contribution >= 4 is 17.3 Å². The van der Waals surface area contributed by atoms with Gasteiger partial charge < -0.3 is 9.47 Å². The molecule has 1 aliphatic carbocycles. The third-order valence-corrected chi connectivity index (χ3v) is 4.53. The van der Waals surface area contributed by atoms with Gasteiger partial charge in [0.2, 0.25) is 5.60 Å². The van der Waals surface area contributed by atoms with Crippen molar-refractivity contribution in [1.82, 2.24) is 0 Å². The molecular weight excluding hydrogens is 236 g/mol. The quantitative estimate of drug-likeness (QED) is 0.597. The number of esters is 1. The van der Waals surface area contributed by atoms with Crippen molar-refractivity contribution < 1.29 is 14.3 Å². The first-order valence-electron chi connectivity index (χ1n) is 5.76. The molecule has 1 fully saturated rings. The number of allylic oxidation sites excluding steroid dienone is 1. The number of hydrogen-bond acceptors (Lipinski definition) is 4. The highest BCUT2D eigenvalue weighted by atomic mass is 32.1. The smallest absolute Gasteiger partial charge is 0.344 e. The fraction of sp³-hybridized carbons (Fsp3) is 0.462. The van der Waals surface area contributed by atoms with Crippen molar-refractivity contribution in [1.29, 1.82) is 0 Å². The van der Waals surface area contributed by atoms with E-state index in [4.69, 9.17) is 9.47 Å². The van der Waals surface area contributed by atoms with Gasteiger partial charge in [-0.15, -0.1) is 11.3 Å². The Hall–Kier alpha value is -1.13. The van der Waals surface area contributed by atoms with E-state index in [9.17, 15) is 4.79 Å². The molecule has 0 spiro atoms. The molecular formula is C13H14O3S. The van der Waals surface area contributed by atoms with E-state index in [1.807, 2.05) is 17.5 Å². The van der Waals surface area contributed by atoms with Crippen LogP contribution < -0.4 is 0 Å². The van der Waals surface area contributed by atoms with Gasteiger partial charge in [0, 0.05) is 10.8 Å². The lowest BCUT2D eigenvalue weighted by atomic mass is 9.72. The molecule has 3 atom stereocenters. The number of thiophene rings is 1. The van der Waals surface area contributed by atoms with Crippen molar-refractivity contribution in [3.63, 3.8) is 0 Å². The number of fused-ring (bicyclic) bond motifs is 1. The van der Waals surface area contributed by atoms with Crippen LogP contribution in [0.4, 0.5) is 0 Å². The van der Waals surface area contributed by atoms with Crippen LogP contribution in [0.5, 0.6) is 0 Å². The largest absolute Gasteiger partial charge is 0.467 e. The summed E-state index contributed by atoms with van der Waals surface area (Å²) in [6, 6.07) is 3.88. The van der Waals surface area contributed by atoms with E-state index in [-0.39, 0.29) is 18.0 Å². The van der Waals surface area contributed by atoms with Crippen molar-refractivity contribution in [3.05, 3.63) is 34.5 Å². The topological polar surface area (TPSA) is 35.5 Å². The second kappa shape index (κ2) is 3.96. The Morgan fingerprint density at radius 2 is 2.53 bits per heavy atom. The predicted molar refractivity (Wildman–Crippen MR) is 64.8 cm³/mol. The van der Waals surface area contributed by atoms with Gasteiger partial charge in [0.05, 0.1) is 13.2 Å². The van der Waals surface area contributed by atoms with E-state index in [2.05, 4.69) is 12.2 Å². The highest BCUT2D eigenvalue weighted by Crippen LogP contribution is 2.52. The molecule has 0 bridgehead atoms. The summed E-state index contributed by atoms with van der Waals surface area (Å²) in [4.78, 5) is 13.0. The van der Waals surface area contributed by atoms with E-state index in [0.717, 1.165) is 17.7 Å². The lowest BCUT2D eigenvalue weighted by Gasteiger charge is -2.52. The maximum Gasteiger partial charge on any atom is 0.344 e. The van der Waals surface area contributed by atoms with E-state index in [1.54, 1.807) is 11.3 Å². The third kappa shape index (κ3) is 1.40. The van der Waals surface area contributed by atoms with Crippen LogP contribution >= 0.6 is 11.3 Å². The van der Waals surface area contributed by atoms with Crippen LogP contribution in [0.2, 0.25) is 0 Å². The Morgan fingerprint density at radius 1 is 1.65 bits per heavy atom. The summed E-state index contributed by atoms with van der Waals surface area (Å²) in [5, 5.41) is 1.96. The minimum absolute atomic E-state index is 0.127. The van der Waals surface area contributed by atoms with E-state index in [0.29, 0.717) is 0 Å². The first kappa shape index (κ1) is 11.0. The second-order valence-electron chi connectivity index (χ2n) is 4.39. The number of ether oxygens (including phenoxy) is 2. The summed E-state index contributed by atoms with van der Waals surface area (Å²) in [7, 11) is 1.42. The van der Waals surface area contributed by atoms with Crippen molar-refractivity contribution in [2.24, 2.45) is 5.92 Å². The Balaban J connectivity index is 2.02. The molecule has 0 N–H and O–H groups in total. The van der Waals surface area contributed by atoms with Gasteiger partial charge in [-0.1, -0.05) is 18.2 Å². The molecule has 3 rings (SSSR count). The average Bonchev–Trinajstić information content (AvgIpc) is 2.84. The molecule has 2 aliphatic rings. The van der Waals surface area contributed by atoms with Gasteiger partial charge in [0.15, 0.2) is 0 Å². The van der Waals surface area contributed by atoms with Gasteiger partial charge in [0.25, 0.3) is 0 Å². The normalized spacial score (nSPS) is 34.9. The maximum absolute atomic E-state index is 12.1. The Morgan fingerprint density at radius 3 is 3.18 bits per heavy atom. The highest BCUT2D eigenvalue weighted by Gasteiger charge is 2.62. The van der Waals surface area contributed by atoms with Gasteiger partial charge in [-0.05, 0) is 24.3 Å². The average molecular weight is 250 g/mol. The minimum Gasteiger partial charge on any atom is -0.467 e. The molecule has 1 saturated heterocycles. The summed E-state index contributed by atoms with van der Waals surface area (Å²) >= 11 is 1.55. The molecule has 4 heteroatoms.